The highest BCUT2D eigenvalue weighted by molar-refractivity contribution is 7.88. The van der Waals surface area contributed by atoms with Gasteiger partial charge in [-0.1, -0.05) is 18.2 Å². The maximum absolute atomic E-state index is 13.4. The predicted molar refractivity (Wildman–Crippen MR) is 69.4 cm³/mol. The van der Waals surface area contributed by atoms with E-state index >= 15 is 0 Å². The maximum atomic E-state index is 13.4. The van der Waals surface area contributed by atoms with Crippen molar-refractivity contribution in [1.29, 1.82) is 0 Å². The minimum Gasteiger partial charge on any atom is -0.469 e. The van der Waals surface area contributed by atoms with E-state index in [9.17, 15) is 12.8 Å². The van der Waals surface area contributed by atoms with Crippen molar-refractivity contribution in [3.05, 3.63) is 59.8 Å². The molecule has 0 aliphatic heterocycles. The summed E-state index contributed by atoms with van der Waals surface area (Å²) in [5, 5.41) is 0. The largest absolute Gasteiger partial charge is 0.469 e. The second kappa shape index (κ2) is 5.99. The van der Waals surface area contributed by atoms with E-state index in [-0.39, 0.29) is 17.9 Å². The van der Waals surface area contributed by atoms with Crippen LogP contribution in [0.1, 0.15) is 11.3 Å². The molecule has 0 amide bonds. The highest BCUT2D eigenvalue weighted by Crippen LogP contribution is 2.10. The van der Waals surface area contributed by atoms with Gasteiger partial charge in [0.2, 0.25) is 10.0 Å². The first-order chi connectivity index (χ1) is 9.07. The summed E-state index contributed by atoms with van der Waals surface area (Å²) in [7, 11) is -3.54. The first-order valence-corrected chi connectivity index (χ1v) is 7.45. The molecule has 2 rings (SSSR count). The van der Waals surface area contributed by atoms with Crippen LogP contribution in [0.15, 0.2) is 47.1 Å². The Balaban J connectivity index is 1.90. The second-order valence-electron chi connectivity index (χ2n) is 4.07. The molecule has 1 heterocycles. The van der Waals surface area contributed by atoms with E-state index in [0.29, 0.717) is 12.2 Å². The quantitative estimate of drug-likeness (QED) is 0.883. The summed E-state index contributed by atoms with van der Waals surface area (Å²) < 4.78 is 44.4. The van der Waals surface area contributed by atoms with Crippen LogP contribution in [-0.4, -0.2) is 15.0 Å². The van der Waals surface area contributed by atoms with Crippen molar-refractivity contribution in [3.63, 3.8) is 0 Å². The lowest BCUT2D eigenvalue weighted by Gasteiger charge is -2.06. The summed E-state index contributed by atoms with van der Waals surface area (Å²) >= 11 is 0. The fourth-order valence-electron chi connectivity index (χ4n) is 1.66. The molecule has 0 fully saturated rings. The smallest absolute Gasteiger partial charge is 0.215 e. The first-order valence-electron chi connectivity index (χ1n) is 5.80. The van der Waals surface area contributed by atoms with Crippen molar-refractivity contribution in [1.82, 2.24) is 4.72 Å². The summed E-state index contributed by atoms with van der Waals surface area (Å²) in [5.41, 5.74) is 0.160. The molecule has 19 heavy (non-hydrogen) atoms. The zero-order chi connectivity index (χ0) is 13.7. The van der Waals surface area contributed by atoms with Gasteiger partial charge in [0.1, 0.15) is 11.6 Å². The Labute approximate surface area is 111 Å². The average molecular weight is 283 g/mol. The topological polar surface area (TPSA) is 59.3 Å². The van der Waals surface area contributed by atoms with Crippen LogP contribution in [0, 0.1) is 5.82 Å². The molecule has 1 aromatic carbocycles. The molecule has 0 spiro atoms. The van der Waals surface area contributed by atoms with Crippen LogP contribution in [0.5, 0.6) is 0 Å². The molecule has 0 bridgehead atoms. The SMILES string of the molecule is O=S(=O)(Cc1ccccc1F)NCCc1ccco1. The third kappa shape index (κ3) is 4.18. The molecule has 4 nitrogen and oxygen atoms in total. The molecular weight excluding hydrogens is 269 g/mol. The van der Waals surface area contributed by atoms with Gasteiger partial charge < -0.3 is 4.42 Å². The molecule has 2 aromatic rings. The number of benzene rings is 1. The first kappa shape index (κ1) is 13.8. The summed E-state index contributed by atoms with van der Waals surface area (Å²) in [6.07, 6.45) is 1.99. The highest BCUT2D eigenvalue weighted by atomic mass is 32.2. The van der Waals surface area contributed by atoms with Gasteiger partial charge in [-0.05, 0) is 18.2 Å². The van der Waals surface area contributed by atoms with Crippen LogP contribution >= 0.6 is 0 Å². The van der Waals surface area contributed by atoms with E-state index in [4.69, 9.17) is 4.42 Å². The van der Waals surface area contributed by atoms with Gasteiger partial charge >= 0.3 is 0 Å². The number of halogens is 1. The summed E-state index contributed by atoms with van der Waals surface area (Å²) in [5.74, 6) is -0.176. The lowest BCUT2D eigenvalue weighted by molar-refractivity contribution is 0.505. The zero-order valence-electron chi connectivity index (χ0n) is 10.2. The third-order valence-corrected chi connectivity index (χ3v) is 3.91. The van der Waals surface area contributed by atoms with Crippen molar-refractivity contribution < 1.29 is 17.2 Å². The standard InChI is InChI=1S/C13H14FNO3S/c14-13-6-2-1-4-11(13)10-19(16,17)15-8-7-12-5-3-9-18-12/h1-6,9,15H,7-8,10H2. The molecule has 0 saturated heterocycles. The van der Waals surface area contributed by atoms with Crippen LogP contribution in [0.4, 0.5) is 4.39 Å². The third-order valence-electron chi connectivity index (χ3n) is 2.58. The van der Waals surface area contributed by atoms with Crippen molar-refractivity contribution >= 4 is 10.0 Å². The van der Waals surface area contributed by atoms with Crippen LogP contribution in [-0.2, 0) is 22.2 Å². The van der Waals surface area contributed by atoms with Gasteiger partial charge in [-0.25, -0.2) is 17.5 Å². The second-order valence-corrected chi connectivity index (χ2v) is 5.88. The Bertz CT molecular complexity index is 623. The minimum atomic E-state index is -3.54. The van der Waals surface area contributed by atoms with Crippen LogP contribution in [0.3, 0.4) is 0 Å². The Morgan fingerprint density at radius 3 is 2.63 bits per heavy atom. The Hall–Kier alpha value is -1.66. The number of hydrogen-bond donors (Lipinski definition) is 1. The van der Waals surface area contributed by atoms with E-state index in [1.807, 2.05) is 0 Å². The number of hydrogen-bond acceptors (Lipinski definition) is 3. The lowest BCUT2D eigenvalue weighted by Crippen LogP contribution is -2.27. The van der Waals surface area contributed by atoms with Gasteiger partial charge in [0, 0.05) is 18.5 Å². The van der Waals surface area contributed by atoms with Crippen LogP contribution in [0.25, 0.3) is 0 Å². The van der Waals surface area contributed by atoms with Gasteiger partial charge in [-0.3, -0.25) is 0 Å². The lowest BCUT2D eigenvalue weighted by atomic mass is 10.2. The van der Waals surface area contributed by atoms with Gasteiger partial charge in [0.25, 0.3) is 0 Å². The molecule has 0 aliphatic carbocycles. The van der Waals surface area contributed by atoms with Crippen molar-refractivity contribution in [2.75, 3.05) is 6.54 Å². The molecule has 0 radical (unpaired) electrons. The van der Waals surface area contributed by atoms with Crippen molar-refractivity contribution in [3.8, 4) is 0 Å². The summed E-state index contributed by atoms with van der Waals surface area (Å²) in [6, 6.07) is 9.34. The number of rotatable bonds is 6. The molecule has 1 N–H and O–H groups in total. The zero-order valence-corrected chi connectivity index (χ0v) is 11.0. The maximum Gasteiger partial charge on any atom is 0.215 e. The molecule has 102 valence electrons. The van der Waals surface area contributed by atoms with E-state index in [0.717, 1.165) is 0 Å². The number of sulfonamides is 1. The number of nitrogens with one attached hydrogen (secondary N) is 1. The molecule has 6 heteroatoms. The average Bonchev–Trinajstić information content (AvgIpc) is 2.85. The molecule has 0 atom stereocenters. The van der Waals surface area contributed by atoms with Crippen LogP contribution in [0.2, 0.25) is 0 Å². The van der Waals surface area contributed by atoms with Gasteiger partial charge in [-0.15, -0.1) is 0 Å². The van der Waals surface area contributed by atoms with E-state index in [1.165, 1.54) is 24.5 Å². The van der Waals surface area contributed by atoms with Gasteiger partial charge in [0.05, 0.1) is 12.0 Å². The molecule has 0 unspecified atom stereocenters. The van der Waals surface area contributed by atoms with Crippen molar-refractivity contribution in [2.45, 2.75) is 12.2 Å². The van der Waals surface area contributed by atoms with Crippen molar-refractivity contribution in [2.24, 2.45) is 0 Å². The monoisotopic (exact) mass is 283 g/mol. The Morgan fingerprint density at radius 2 is 1.95 bits per heavy atom. The fourth-order valence-corrected chi connectivity index (χ4v) is 2.81. The summed E-state index contributed by atoms with van der Waals surface area (Å²) in [4.78, 5) is 0. The van der Waals surface area contributed by atoms with Gasteiger partial charge in [0.15, 0.2) is 0 Å². The predicted octanol–water partition coefficient (Wildman–Crippen LogP) is 2.08. The van der Waals surface area contributed by atoms with E-state index < -0.39 is 15.8 Å². The molecule has 0 aliphatic rings. The fraction of sp³-hybridized carbons (Fsp3) is 0.231. The molecule has 1 aromatic heterocycles. The minimum absolute atomic E-state index is 0.160. The normalized spacial score (nSPS) is 11.6. The van der Waals surface area contributed by atoms with E-state index in [1.54, 1.807) is 18.2 Å². The van der Waals surface area contributed by atoms with Crippen LogP contribution < -0.4 is 4.72 Å². The Kier molecular flexibility index (Phi) is 4.34. The molecule has 0 saturated carbocycles. The Morgan fingerprint density at radius 1 is 1.16 bits per heavy atom. The summed E-state index contributed by atoms with van der Waals surface area (Å²) in [6.45, 7) is 0.226. The number of furan rings is 1. The van der Waals surface area contributed by atoms with Gasteiger partial charge in [-0.2, -0.15) is 0 Å². The highest BCUT2D eigenvalue weighted by Gasteiger charge is 2.13. The van der Waals surface area contributed by atoms with E-state index in [2.05, 4.69) is 4.72 Å². The molecular formula is C13H14FNO3S.